The zero-order valence-corrected chi connectivity index (χ0v) is 27.9. The summed E-state index contributed by atoms with van der Waals surface area (Å²) in [5, 5.41) is 1.00. The molecule has 0 bridgehead atoms. The third kappa shape index (κ3) is 5.08. The highest BCUT2D eigenvalue weighted by Crippen LogP contribution is 2.59. The van der Waals surface area contributed by atoms with Gasteiger partial charge in [-0.15, -0.1) is 0 Å². The maximum Gasteiger partial charge on any atom is 0.221 e. The van der Waals surface area contributed by atoms with E-state index < -0.39 is 0 Å². The van der Waals surface area contributed by atoms with Crippen molar-refractivity contribution >= 4 is 22.5 Å². The summed E-state index contributed by atoms with van der Waals surface area (Å²) < 4.78 is 0. The van der Waals surface area contributed by atoms with E-state index in [0.717, 1.165) is 28.6 Å². The number of hydrogen-bond donors (Lipinski definition) is 1. The van der Waals surface area contributed by atoms with Crippen molar-refractivity contribution in [2.45, 2.75) is 19.4 Å². The Morgan fingerprint density at radius 2 is 1.28 bits per heavy atom. The number of nitrogens with zero attached hydrogens (tertiary/aromatic N) is 3. The molecule has 240 valence electrons. The number of benzene rings is 5. The third-order valence-corrected chi connectivity index (χ3v) is 10.2. The van der Waals surface area contributed by atoms with E-state index in [1.165, 1.54) is 50.3 Å². The molecule has 4 heteroatoms. The first-order valence-electron chi connectivity index (χ1n) is 17.3. The Labute approximate surface area is 293 Å². The van der Waals surface area contributed by atoms with E-state index in [1.807, 2.05) is 30.3 Å². The molecule has 2 unspecified atom stereocenters. The highest BCUT2D eigenvalue weighted by molar-refractivity contribution is 5.93. The third-order valence-electron chi connectivity index (χ3n) is 10.2. The van der Waals surface area contributed by atoms with Crippen LogP contribution >= 0.6 is 0 Å². The molecule has 10 rings (SSSR count). The van der Waals surface area contributed by atoms with Crippen LogP contribution in [0.25, 0.3) is 50.1 Å². The topological polar surface area (TPSA) is 55.0 Å². The van der Waals surface area contributed by atoms with Crippen LogP contribution in [0, 0.1) is 5.92 Å². The van der Waals surface area contributed by atoms with Crippen LogP contribution in [0.1, 0.15) is 30.5 Å². The number of rotatable bonds is 4. The number of nitrogens with two attached hydrogens (primary N) is 1. The summed E-state index contributed by atoms with van der Waals surface area (Å²) in [6.07, 6.45) is 14.7. The highest BCUT2D eigenvalue weighted by atomic mass is 15.3. The van der Waals surface area contributed by atoms with Gasteiger partial charge < -0.3 is 10.6 Å². The fourth-order valence-electron chi connectivity index (χ4n) is 7.73. The lowest BCUT2D eigenvalue weighted by Crippen LogP contribution is -2.36. The van der Waals surface area contributed by atoms with E-state index in [4.69, 9.17) is 5.73 Å². The zero-order chi connectivity index (χ0) is 33.6. The summed E-state index contributed by atoms with van der Waals surface area (Å²) in [7, 11) is 0. The second-order valence-electron chi connectivity index (χ2n) is 13.2. The van der Waals surface area contributed by atoms with Gasteiger partial charge in [0.1, 0.15) is 0 Å². The van der Waals surface area contributed by atoms with E-state index in [0.29, 0.717) is 17.9 Å². The Kier molecular flexibility index (Phi) is 7.35. The smallest absolute Gasteiger partial charge is 0.221 e. The molecule has 2 atom stereocenters. The van der Waals surface area contributed by atoms with E-state index in [9.17, 15) is 0 Å². The van der Waals surface area contributed by atoms with Crippen molar-refractivity contribution < 1.29 is 0 Å². The zero-order valence-electron chi connectivity index (χ0n) is 27.9. The molecule has 5 aromatic carbocycles. The van der Waals surface area contributed by atoms with Gasteiger partial charge >= 0.3 is 0 Å². The average Bonchev–Trinajstić information content (AvgIpc) is 3.49. The van der Waals surface area contributed by atoms with Gasteiger partial charge in [0.05, 0.1) is 17.3 Å². The lowest BCUT2D eigenvalue weighted by molar-refractivity contribution is 0.363. The van der Waals surface area contributed by atoms with Crippen molar-refractivity contribution in [3.05, 3.63) is 192 Å². The molecule has 4 nitrogen and oxygen atoms in total. The van der Waals surface area contributed by atoms with Crippen molar-refractivity contribution in [1.29, 1.82) is 0 Å². The van der Waals surface area contributed by atoms with Crippen molar-refractivity contribution in [3.63, 3.8) is 0 Å². The Balaban J connectivity index is 0.000000141. The first kappa shape index (κ1) is 29.8. The second-order valence-corrected chi connectivity index (χ2v) is 13.2. The number of fused-ring (bicyclic) bond motifs is 4. The summed E-state index contributed by atoms with van der Waals surface area (Å²) in [4.78, 5) is 11.3. The van der Waals surface area contributed by atoms with Crippen molar-refractivity contribution in [2.75, 3.05) is 5.73 Å². The Bertz CT molecular complexity index is 2410. The average molecular weight is 645 g/mol. The van der Waals surface area contributed by atoms with Gasteiger partial charge in [-0.3, -0.25) is 0 Å². The number of hydrogen-bond acceptors (Lipinski definition) is 4. The SMILES string of the molecule is CC1CC=CC=C1C1=C2C=CC=C3c4ccccc4C1N32.Nc1nc(-c2ccc(-c3ccc(-c4ccccc4)cc3)cc2)c2ccccc2n1. The van der Waals surface area contributed by atoms with Crippen LogP contribution in [0.15, 0.2) is 181 Å². The van der Waals surface area contributed by atoms with Gasteiger partial charge in [0.2, 0.25) is 5.95 Å². The molecule has 2 N–H and O–H groups in total. The maximum absolute atomic E-state index is 5.92. The Morgan fingerprint density at radius 1 is 0.640 bits per heavy atom. The standard InChI is InChI=1S/C26H19N3.C20H17N/c27-26-28-24-9-5-4-8-23(24)25(29-26)22-16-14-21(15-17-22)20-12-10-19(11-13-20)18-6-2-1-3-7-18;1-13-7-2-3-8-14(13)19-18-12-6-11-17-15-9-4-5-10-16(15)20(19)21(17)18/h1-17H,(H2,27,28,29);2-6,8-13,20H,7H2,1H3. The second kappa shape index (κ2) is 12.3. The molecular weight excluding hydrogens is 609 g/mol. The van der Waals surface area contributed by atoms with Crippen LogP contribution in [0.3, 0.4) is 0 Å². The summed E-state index contributed by atoms with van der Waals surface area (Å²) >= 11 is 0. The van der Waals surface area contributed by atoms with Crippen LogP contribution in [0.5, 0.6) is 0 Å². The minimum atomic E-state index is 0.291. The number of nitrogen functional groups attached to an aromatic ring is 1. The van der Waals surface area contributed by atoms with Gasteiger partial charge in [0, 0.05) is 33.5 Å². The molecule has 0 spiro atoms. The van der Waals surface area contributed by atoms with E-state index in [2.05, 4.69) is 155 Å². The number of allylic oxidation sites excluding steroid dienone is 6. The van der Waals surface area contributed by atoms with E-state index in [1.54, 1.807) is 5.57 Å². The molecule has 0 saturated heterocycles. The molecule has 0 fully saturated rings. The summed E-state index contributed by atoms with van der Waals surface area (Å²) in [5.41, 5.74) is 22.2. The number of aromatic nitrogens is 2. The molecule has 0 saturated carbocycles. The highest BCUT2D eigenvalue weighted by Gasteiger charge is 2.48. The predicted octanol–water partition coefficient (Wildman–Crippen LogP) is 11.0. The van der Waals surface area contributed by atoms with Gasteiger partial charge in [-0.05, 0) is 63.9 Å². The number of para-hydroxylation sites is 1. The van der Waals surface area contributed by atoms with Gasteiger partial charge in [0.15, 0.2) is 0 Å². The first-order valence-corrected chi connectivity index (χ1v) is 17.3. The summed E-state index contributed by atoms with van der Waals surface area (Å²) in [6, 6.07) is 44.7. The Morgan fingerprint density at radius 3 is 2.02 bits per heavy atom. The fourth-order valence-corrected chi connectivity index (χ4v) is 7.73. The van der Waals surface area contributed by atoms with E-state index in [-0.39, 0.29) is 0 Å². The molecule has 0 amide bonds. The van der Waals surface area contributed by atoms with Crippen molar-refractivity contribution in [3.8, 4) is 33.5 Å². The predicted molar refractivity (Wildman–Crippen MR) is 206 cm³/mol. The minimum absolute atomic E-state index is 0.291. The minimum Gasteiger partial charge on any atom is -0.368 e. The van der Waals surface area contributed by atoms with Gasteiger partial charge in [-0.1, -0.05) is 153 Å². The lowest BCUT2D eigenvalue weighted by atomic mass is 9.77. The van der Waals surface area contributed by atoms with Gasteiger partial charge in [-0.2, -0.15) is 0 Å². The molecule has 3 aliphatic heterocycles. The van der Waals surface area contributed by atoms with Crippen molar-refractivity contribution in [2.24, 2.45) is 5.92 Å². The molecule has 50 heavy (non-hydrogen) atoms. The molecule has 1 aromatic heterocycles. The van der Waals surface area contributed by atoms with Crippen LogP contribution < -0.4 is 5.73 Å². The van der Waals surface area contributed by atoms with Gasteiger partial charge in [0.25, 0.3) is 0 Å². The summed E-state index contributed by atoms with van der Waals surface area (Å²) in [5.74, 6) is 0.912. The molecular formula is C46H36N4. The molecule has 0 radical (unpaired) electrons. The van der Waals surface area contributed by atoms with Gasteiger partial charge in [-0.25, -0.2) is 9.97 Å². The fraction of sp³-hybridized carbons (Fsp3) is 0.0870. The summed E-state index contributed by atoms with van der Waals surface area (Å²) in [6.45, 7) is 2.34. The first-order chi connectivity index (χ1) is 24.6. The molecule has 4 aliphatic rings. The monoisotopic (exact) mass is 644 g/mol. The molecule has 4 heterocycles. The largest absolute Gasteiger partial charge is 0.368 e. The quantitative estimate of drug-likeness (QED) is 0.207. The van der Waals surface area contributed by atoms with E-state index >= 15 is 0 Å². The van der Waals surface area contributed by atoms with Crippen molar-refractivity contribution in [1.82, 2.24) is 14.9 Å². The van der Waals surface area contributed by atoms with Crippen LogP contribution in [-0.4, -0.2) is 14.9 Å². The molecule has 6 aromatic rings. The van der Waals surface area contributed by atoms with Crippen LogP contribution in [0.2, 0.25) is 0 Å². The normalized spacial score (nSPS) is 18.1. The molecule has 1 aliphatic carbocycles. The maximum atomic E-state index is 5.92. The Hall–Kier alpha value is -6.26. The number of anilines is 1. The lowest BCUT2D eigenvalue weighted by Gasteiger charge is -2.45. The van der Waals surface area contributed by atoms with Crippen LogP contribution in [0.4, 0.5) is 5.95 Å². The van der Waals surface area contributed by atoms with Crippen LogP contribution in [-0.2, 0) is 0 Å².